The van der Waals surface area contributed by atoms with Gasteiger partial charge in [0.25, 0.3) is 0 Å². The molecule has 1 rings (SSSR count). The molecular weight excluding hydrogens is 250 g/mol. The second kappa shape index (κ2) is 6.96. The highest BCUT2D eigenvalue weighted by Crippen LogP contribution is 2.29. The van der Waals surface area contributed by atoms with E-state index in [9.17, 15) is 14.4 Å². The monoisotopic (exact) mass is 271 g/mol. The first-order valence-electron chi connectivity index (χ1n) is 6.50. The van der Waals surface area contributed by atoms with Gasteiger partial charge in [-0.15, -0.1) is 0 Å². The molecule has 108 valence electrons. The fraction of sp³-hybridized carbons (Fsp3) is 0.750. The van der Waals surface area contributed by atoms with E-state index in [4.69, 9.17) is 10.8 Å². The average Bonchev–Trinajstić information content (AvgIpc) is 3.14. The number of rotatable bonds is 8. The van der Waals surface area contributed by atoms with Crippen molar-refractivity contribution >= 4 is 17.9 Å². The first kappa shape index (κ1) is 15.3. The Hall–Kier alpha value is -1.79. The molecule has 0 unspecified atom stereocenters. The Kier molecular flexibility index (Phi) is 5.59. The van der Waals surface area contributed by atoms with Crippen molar-refractivity contribution in [2.45, 2.75) is 38.6 Å². The summed E-state index contributed by atoms with van der Waals surface area (Å²) in [5, 5.41) is 11.4. The van der Waals surface area contributed by atoms with E-state index in [0.29, 0.717) is 19.0 Å². The lowest BCUT2D eigenvalue weighted by molar-refractivity contribution is -0.139. The Balaban J connectivity index is 2.48. The molecule has 0 aromatic heterocycles. The molecule has 0 heterocycles. The summed E-state index contributed by atoms with van der Waals surface area (Å²) >= 11 is 0. The number of aliphatic carboxylic acids is 1. The van der Waals surface area contributed by atoms with Crippen LogP contribution in [-0.2, 0) is 9.59 Å². The summed E-state index contributed by atoms with van der Waals surface area (Å²) in [6.45, 7) is 3.04. The molecule has 0 spiro atoms. The van der Waals surface area contributed by atoms with E-state index in [-0.39, 0.29) is 12.8 Å². The topological polar surface area (TPSA) is 113 Å². The number of amides is 3. The van der Waals surface area contributed by atoms with Crippen LogP contribution in [0.15, 0.2) is 0 Å². The maximum Gasteiger partial charge on any atom is 0.326 e. The van der Waals surface area contributed by atoms with Crippen molar-refractivity contribution in [3.8, 4) is 0 Å². The number of carboxylic acids is 1. The van der Waals surface area contributed by atoms with Gasteiger partial charge in [-0.1, -0.05) is 0 Å². The van der Waals surface area contributed by atoms with E-state index in [1.54, 1.807) is 4.90 Å². The lowest BCUT2D eigenvalue weighted by Crippen LogP contribution is -2.48. The molecule has 7 nitrogen and oxygen atoms in total. The number of nitrogens with two attached hydrogens (primary N) is 1. The standard InChI is InChI=1S/C12H21N3O4/c1-2-15(7-8-3-4-8)12(19)14-9(11(17)18)5-6-10(13)16/h8-9H,2-7H2,1H3,(H2,13,16)(H,14,19)(H,17,18)/t9-/m1/s1. The third kappa shape index (κ3) is 5.58. The molecule has 19 heavy (non-hydrogen) atoms. The summed E-state index contributed by atoms with van der Waals surface area (Å²) in [6.07, 6.45) is 2.19. The SMILES string of the molecule is CCN(CC1CC1)C(=O)N[C@H](CCC(N)=O)C(=O)O. The molecule has 7 heteroatoms. The number of carboxylic acid groups (broad SMARTS) is 1. The van der Waals surface area contributed by atoms with Crippen LogP contribution in [0, 0.1) is 5.92 Å². The molecule has 0 aliphatic heterocycles. The molecule has 0 bridgehead atoms. The zero-order valence-electron chi connectivity index (χ0n) is 11.1. The van der Waals surface area contributed by atoms with E-state index >= 15 is 0 Å². The predicted octanol–water partition coefficient (Wildman–Crippen LogP) is 0.147. The van der Waals surface area contributed by atoms with Crippen molar-refractivity contribution in [2.24, 2.45) is 11.7 Å². The van der Waals surface area contributed by atoms with Gasteiger partial charge in [0, 0.05) is 19.5 Å². The summed E-state index contributed by atoms with van der Waals surface area (Å²) in [7, 11) is 0. The molecule has 1 fully saturated rings. The fourth-order valence-electron chi connectivity index (χ4n) is 1.75. The number of primary amides is 1. The number of nitrogens with one attached hydrogen (secondary N) is 1. The molecule has 0 radical (unpaired) electrons. The van der Waals surface area contributed by atoms with Crippen LogP contribution < -0.4 is 11.1 Å². The summed E-state index contributed by atoms with van der Waals surface area (Å²) in [6, 6.07) is -1.47. The Morgan fingerprint density at radius 3 is 2.47 bits per heavy atom. The quantitative estimate of drug-likeness (QED) is 0.583. The van der Waals surface area contributed by atoms with Gasteiger partial charge in [0.1, 0.15) is 6.04 Å². The maximum absolute atomic E-state index is 11.9. The molecule has 0 saturated heterocycles. The van der Waals surface area contributed by atoms with Crippen LogP contribution in [0.1, 0.15) is 32.6 Å². The smallest absolute Gasteiger partial charge is 0.326 e. The number of carbonyl (C=O) groups excluding carboxylic acids is 2. The summed E-state index contributed by atoms with van der Waals surface area (Å²) < 4.78 is 0. The minimum atomic E-state index is -1.16. The number of hydrogen-bond donors (Lipinski definition) is 3. The van der Waals surface area contributed by atoms with Gasteiger partial charge >= 0.3 is 12.0 Å². The van der Waals surface area contributed by atoms with Gasteiger partial charge in [-0.25, -0.2) is 9.59 Å². The molecule has 3 amide bonds. The Labute approximate surface area is 112 Å². The average molecular weight is 271 g/mol. The molecule has 1 aliphatic carbocycles. The van der Waals surface area contributed by atoms with Crippen molar-refractivity contribution in [3.63, 3.8) is 0 Å². The van der Waals surface area contributed by atoms with Gasteiger partial charge in [-0.3, -0.25) is 4.79 Å². The Morgan fingerprint density at radius 2 is 2.05 bits per heavy atom. The lowest BCUT2D eigenvalue weighted by Gasteiger charge is -2.23. The van der Waals surface area contributed by atoms with Gasteiger partial charge in [0.2, 0.25) is 5.91 Å². The maximum atomic E-state index is 11.9. The van der Waals surface area contributed by atoms with Crippen LogP contribution in [0.3, 0.4) is 0 Å². The molecule has 0 aromatic rings. The third-order valence-electron chi connectivity index (χ3n) is 3.12. The fourth-order valence-corrected chi connectivity index (χ4v) is 1.75. The van der Waals surface area contributed by atoms with Gasteiger partial charge in [0.05, 0.1) is 0 Å². The van der Waals surface area contributed by atoms with Gasteiger partial charge < -0.3 is 21.1 Å². The molecular formula is C12H21N3O4. The van der Waals surface area contributed by atoms with Crippen molar-refractivity contribution < 1.29 is 19.5 Å². The first-order chi connectivity index (χ1) is 8.93. The first-order valence-corrected chi connectivity index (χ1v) is 6.50. The number of carbonyl (C=O) groups is 3. The minimum Gasteiger partial charge on any atom is -0.480 e. The highest BCUT2D eigenvalue weighted by Gasteiger charge is 2.28. The van der Waals surface area contributed by atoms with Crippen LogP contribution >= 0.6 is 0 Å². The number of hydrogen-bond acceptors (Lipinski definition) is 3. The highest BCUT2D eigenvalue weighted by atomic mass is 16.4. The molecule has 1 aliphatic rings. The second-order valence-electron chi connectivity index (χ2n) is 4.83. The van der Waals surface area contributed by atoms with E-state index < -0.39 is 23.9 Å². The Bertz CT molecular complexity index is 355. The van der Waals surface area contributed by atoms with E-state index in [2.05, 4.69) is 5.32 Å². The molecule has 4 N–H and O–H groups in total. The largest absolute Gasteiger partial charge is 0.480 e. The zero-order chi connectivity index (χ0) is 14.4. The molecule has 1 atom stereocenters. The second-order valence-corrected chi connectivity index (χ2v) is 4.83. The van der Waals surface area contributed by atoms with Crippen LogP contribution in [0.4, 0.5) is 4.79 Å². The number of nitrogens with zero attached hydrogens (tertiary/aromatic N) is 1. The number of urea groups is 1. The van der Waals surface area contributed by atoms with E-state index in [0.717, 1.165) is 12.8 Å². The Morgan fingerprint density at radius 1 is 1.42 bits per heavy atom. The molecule has 1 saturated carbocycles. The summed E-state index contributed by atoms with van der Waals surface area (Å²) in [4.78, 5) is 35.2. The zero-order valence-corrected chi connectivity index (χ0v) is 11.1. The highest BCUT2D eigenvalue weighted by molar-refractivity contribution is 5.83. The van der Waals surface area contributed by atoms with Crippen molar-refractivity contribution in [1.82, 2.24) is 10.2 Å². The third-order valence-corrected chi connectivity index (χ3v) is 3.12. The summed E-state index contributed by atoms with van der Waals surface area (Å²) in [5.41, 5.74) is 4.98. The minimum absolute atomic E-state index is 0.0113. The van der Waals surface area contributed by atoms with Crippen molar-refractivity contribution in [1.29, 1.82) is 0 Å². The normalized spacial score (nSPS) is 15.6. The van der Waals surface area contributed by atoms with Crippen LogP contribution in [0.25, 0.3) is 0 Å². The predicted molar refractivity (Wildman–Crippen MR) is 68.4 cm³/mol. The van der Waals surface area contributed by atoms with Crippen molar-refractivity contribution in [3.05, 3.63) is 0 Å². The summed E-state index contributed by atoms with van der Waals surface area (Å²) in [5.74, 6) is -1.19. The van der Waals surface area contributed by atoms with E-state index in [1.807, 2.05) is 6.92 Å². The van der Waals surface area contributed by atoms with Crippen LogP contribution in [0.2, 0.25) is 0 Å². The van der Waals surface area contributed by atoms with Crippen LogP contribution in [0.5, 0.6) is 0 Å². The van der Waals surface area contributed by atoms with Crippen molar-refractivity contribution in [2.75, 3.05) is 13.1 Å². The lowest BCUT2D eigenvalue weighted by atomic mass is 10.1. The van der Waals surface area contributed by atoms with Gasteiger partial charge in [0.15, 0.2) is 0 Å². The van der Waals surface area contributed by atoms with E-state index in [1.165, 1.54) is 0 Å². The van der Waals surface area contributed by atoms with Gasteiger partial charge in [-0.2, -0.15) is 0 Å². The van der Waals surface area contributed by atoms with Crippen LogP contribution in [-0.4, -0.2) is 47.0 Å². The van der Waals surface area contributed by atoms with Gasteiger partial charge in [-0.05, 0) is 32.1 Å². The molecule has 0 aromatic carbocycles.